The molecule has 0 bridgehead atoms. The van der Waals surface area contributed by atoms with E-state index in [0.29, 0.717) is 25.6 Å². The number of halogens is 1. The van der Waals surface area contributed by atoms with Crippen LogP contribution >= 0.6 is 24.0 Å². The molecule has 0 heterocycles. The number of guanidine groups is 1. The van der Waals surface area contributed by atoms with Gasteiger partial charge in [0.25, 0.3) is 0 Å². The first kappa shape index (κ1) is 21.1. The molecule has 0 aliphatic rings. The maximum absolute atomic E-state index is 11.0. The van der Waals surface area contributed by atoms with Crippen molar-refractivity contribution in [3.8, 4) is 0 Å². The minimum Gasteiger partial charge on any atom is -0.357 e. The predicted molar refractivity (Wildman–Crippen MR) is 102 cm³/mol. The second kappa shape index (κ2) is 10.8. The number of hydrogen-bond acceptors (Lipinski definition) is 3. The van der Waals surface area contributed by atoms with Crippen molar-refractivity contribution >= 4 is 40.0 Å². The van der Waals surface area contributed by atoms with Crippen LogP contribution in [-0.4, -0.2) is 40.3 Å². The summed E-state index contributed by atoms with van der Waals surface area (Å²) in [5, 5.41) is 6.23. The number of sulfonamides is 1. The molecule has 0 atom stereocenters. The van der Waals surface area contributed by atoms with Crippen molar-refractivity contribution in [2.24, 2.45) is 4.99 Å². The van der Waals surface area contributed by atoms with Crippen LogP contribution in [0.1, 0.15) is 18.1 Å². The van der Waals surface area contributed by atoms with Gasteiger partial charge in [-0.3, -0.25) is 0 Å². The van der Waals surface area contributed by atoms with Gasteiger partial charge >= 0.3 is 0 Å². The third kappa shape index (κ3) is 9.21. The van der Waals surface area contributed by atoms with E-state index in [9.17, 15) is 8.42 Å². The van der Waals surface area contributed by atoms with E-state index >= 15 is 0 Å². The van der Waals surface area contributed by atoms with Gasteiger partial charge in [0.2, 0.25) is 10.0 Å². The van der Waals surface area contributed by atoms with E-state index in [1.807, 2.05) is 25.1 Å². The number of nitrogens with zero attached hydrogens (tertiary/aromatic N) is 1. The van der Waals surface area contributed by atoms with Crippen LogP contribution in [0.5, 0.6) is 0 Å². The van der Waals surface area contributed by atoms with Crippen molar-refractivity contribution in [2.75, 3.05) is 25.9 Å². The number of nitrogens with one attached hydrogen (secondary N) is 3. The highest BCUT2D eigenvalue weighted by molar-refractivity contribution is 14.0. The fourth-order valence-electron chi connectivity index (χ4n) is 1.71. The maximum Gasteiger partial charge on any atom is 0.208 e. The minimum absolute atomic E-state index is 0. The Hall–Kier alpha value is -0.870. The average molecular weight is 440 g/mol. The zero-order chi connectivity index (χ0) is 15.7. The Morgan fingerprint density at radius 1 is 1.18 bits per heavy atom. The standard InChI is InChI=1S/C14H24N4O2S.HI/c1-4-15-14(16-9-10-18-21(3,19)20)17-11-13-8-6-5-7-12(13)2;/h5-8,18H,4,9-11H2,1-3H3,(H2,15,16,17);1H. The van der Waals surface area contributed by atoms with E-state index in [0.717, 1.165) is 12.8 Å². The molecule has 0 saturated carbocycles. The summed E-state index contributed by atoms with van der Waals surface area (Å²) >= 11 is 0. The third-order valence-electron chi connectivity index (χ3n) is 2.79. The maximum atomic E-state index is 11.0. The first-order valence-corrected chi connectivity index (χ1v) is 8.83. The van der Waals surface area contributed by atoms with E-state index in [-0.39, 0.29) is 24.0 Å². The number of hydrogen-bond donors (Lipinski definition) is 3. The van der Waals surface area contributed by atoms with Crippen LogP contribution in [0.15, 0.2) is 29.3 Å². The molecule has 0 unspecified atom stereocenters. The van der Waals surface area contributed by atoms with Gasteiger partial charge in [-0.05, 0) is 25.0 Å². The molecule has 0 saturated heterocycles. The number of aryl methyl sites for hydroxylation is 1. The Balaban J connectivity index is 0.00000441. The summed E-state index contributed by atoms with van der Waals surface area (Å²) in [6.07, 6.45) is 1.14. The van der Waals surface area contributed by atoms with E-state index in [4.69, 9.17) is 0 Å². The summed E-state index contributed by atoms with van der Waals surface area (Å²) in [5.74, 6) is 0.677. The quantitative estimate of drug-likeness (QED) is 0.258. The Labute approximate surface area is 150 Å². The lowest BCUT2D eigenvalue weighted by Gasteiger charge is -2.11. The smallest absolute Gasteiger partial charge is 0.208 e. The summed E-state index contributed by atoms with van der Waals surface area (Å²) in [7, 11) is -3.15. The first-order chi connectivity index (χ1) is 9.92. The van der Waals surface area contributed by atoms with Gasteiger partial charge in [0.05, 0.1) is 12.8 Å². The Kier molecular flexibility index (Phi) is 10.4. The molecule has 3 N–H and O–H groups in total. The van der Waals surface area contributed by atoms with E-state index in [1.165, 1.54) is 11.1 Å². The van der Waals surface area contributed by atoms with Gasteiger partial charge in [-0.25, -0.2) is 18.1 Å². The zero-order valence-electron chi connectivity index (χ0n) is 13.2. The molecule has 8 heteroatoms. The zero-order valence-corrected chi connectivity index (χ0v) is 16.4. The highest BCUT2D eigenvalue weighted by Crippen LogP contribution is 2.07. The van der Waals surface area contributed by atoms with Gasteiger partial charge in [-0.2, -0.15) is 0 Å². The third-order valence-corrected chi connectivity index (χ3v) is 3.52. The number of benzene rings is 1. The molecule has 0 spiro atoms. The summed E-state index contributed by atoms with van der Waals surface area (Å²) in [5.41, 5.74) is 2.37. The molecular weight excluding hydrogens is 415 g/mol. The van der Waals surface area contributed by atoms with Crippen LogP contribution in [0.3, 0.4) is 0 Å². The fraction of sp³-hybridized carbons (Fsp3) is 0.500. The Morgan fingerprint density at radius 3 is 2.45 bits per heavy atom. The molecule has 1 rings (SSSR count). The van der Waals surface area contributed by atoms with Gasteiger partial charge in [-0.15, -0.1) is 24.0 Å². The second-order valence-corrected chi connectivity index (χ2v) is 6.55. The highest BCUT2D eigenvalue weighted by atomic mass is 127. The normalized spacial score (nSPS) is 11.7. The summed E-state index contributed by atoms with van der Waals surface area (Å²) in [6, 6.07) is 8.10. The number of rotatable bonds is 7. The Bertz CT molecular complexity index is 576. The van der Waals surface area contributed by atoms with Crippen molar-refractivity contribution in [1.29, 1.82) is 0 Å². The molecule has 0 aliphatic heterocycles. The SMILES string of the molecule is CCNC(=NCc1ccccc1C)NCCNS(C)(=O)=O.I. The van der Waals surface area contributed by atoms with E-state index in [2.05, 4.69) is 33.3 Å². The highest BCUT2D eigenvalue weighted by Gasteiger charge is 2.01. The topological polar surface area (TPSA) is 82.6 Å². The Morgan fingerprint density at radius 2 is 1.86 bits per heavy atom. The lowest BCUT2D eigenvalue weighted by Crippen LogP contribution is -2.41. The van der Waals surface area contributed by atoms with Gasteiger partial charge in [-0.1, -0.05) is 24.3 Å². The number of aliphatic imine (C=N–C) groups is 1. The summed E-state index contributed by atoms with van der Waals surface area (Å²) in [4.78, 5) is 4.50. The molecular formula is C14H25IN4O2S. The lowest BCUT2D eigenvalue weighted by molar-refractivity contribution is 0.586. The molecule has 0 aliphatic carbocycles. The lowest BCUT2D eigenvalue weighted by atomic mass is 10.1. The molecule has 0 aromatic heterocycles. The van der Waals surface area contributed by atoms with Crippen LogP contribution in [0.2, 0.25) is 0 Å². The van der Waals surface area contributed by atoms with Crippen molar-refractivity contribution < 1.29 is 8.42 Å². The molecule has 1 aromatic carbocycles. The predicted octanol–water partition coefficient (Wildman–Crippen LogP) is 1.22. The molecule has 0 radical (unpaired) electrons. The van der Waals surface area contributed by atoms with Crippen molar-refractivity contribution in [3.63, 3.8) is 0 Å². The van der Waals surface area contributed by atoms with Crippen LogP contribution in [0, 0.1) is 6.92 Å². The van der Waals surface area contributed by atoms with Gasteiger partial charge in [0.15, 0.2) is 5.96 Å². The van der Waals surface area contributed by atoms with Gasteiger partial charge < -0.3 is 10.6 Å². The molecule has 0 amide bonds. The first-order valence-electron chi connectivity index (χ1n) is 6.93. The second-order valence-electron chi connectivity index (χ2n) is 4.71. The molecule has 126 valence electrons. The van der Waals surface area contributed by atoms with Crippen molar-refractivity contribution in [2.45, 2.75) is 20.4 Å². The van der Waals surface area contributed by atoms with E-state index < -0.39 is 10.0 Å². The molecule has 22 heavy (non-hydrogen) atoms. The van der Waals surface area contributed by atoms with Crippen LogP contribution < -0.4 is 15.4 Å². The van der Waals surface area contributed by atoms with Gasteiger partial charge in [0, 0.05) is 19.6 Å². The monoisotopic (exact) mass is 440 g/mol. The molecule has 6 nitrogen and oxygen atoms in total. The molecule has 1 aromatic rings. The van der Waals surface area contributed by atoms with Gasteiger partial charge in [0.1, 0.15) is 0 Å². The van der Waals surface area contributed by atoms with Crippen molar-refractivity contribution in [1.82, 2.24) is 15.4 Å². The summed E-state index contributed by atoms with van der Waals surface area (Å²) < 4.78 is 24.4. The molecule has 0 fully saturated rings. The van der Waals surface area contributed by atoms with Crippen LogP contribution in [0.4, 0.5) is 0 Å². The van der Waals surface area contributed by atoms with Crippen LogP contribution in [-0.2, 0) is 16.6 Å². The largest absolute Gasteiger partial charge is 0.357 e. The minimum atomic E-state index is -3.15. The van der Waals surface area contributed by atoms with E-state index in [1.54, 1.807) is 0 Å². The van der Waals surface area contributed by atoms with Crippen molar-refractivity contribution in [3.05, 3.63) is 35.4 Å². The average Bonchev–Trinajstić information content (AvgIpc) is 2.41. The summed E-state index contributed by atoms with van der Waals surface area (Å²) in [6.45, 7) is 6.18. The van der Waals surface area contributed by atoms with Crippen LogP contribution in [0.25, 0.3) is 0 Å². The fourth-order valence-corrected chi connectivity index (χ4v) is 2.18.